The number of hydrogen-bond acceptors (Lipinski definition) is 1. The van der Waals surface area contributed by atoms with Crippen molar-refractivity contribution in [1.82, 2.24) is 0 Å². The minimum Gasteiger partial charge on any atom is -0.399 e. The molecule has 2 aromatic carbocycles. The predicted octanol–water partition coefficient (Wildman–Crippen LogP) is 3.64. The Labute approximate surface area is 98.3 Å². The van der Waals surface area contributed by atoms with Gasteiger partial charge in [-0.15, -0.1) is 12.4 Å². The van der Waals surface area contributed by atoms with E-state index >= 15 is 0 Å². The Morgan fingerprint density at radius 1 is 0.812 bits per heavy atom. The lowest BCUT2D eigenvalue weighted by Crippen LogP contribution is -1.87. The van der Waals surface area contributed by atoms with Gasteiger partial charge in [-0.25, -0.2) is 8.78 Å². The molecule has 84 valence electrons. The maximum absolute atomic E-state index is 12.9. The van der Waals surface area contributed by atoms with E-state index in [0.717, 1.165) is 6.07 Å². The molecule has 0 atom stereocenters. The fraction of sp³-hybridized carbons (Fsp3) is 0. The van der Waals surface area contributed by atoms with E-state index < -0.39 is 11.6 Å². The molecule has 0 aliphatic carbocycles. The first kappa shape index (κ1) is 12.5. The summed E-state index contributed by atoms with van der Waals surface area (Å²) < 4.78 is 25.9. The van der Waals surface area contributed by atoms with Gasteiger partial charge in [-0.1, -0.05) is 12.1 Å². The van der Waals surface area contributed by atoms with E-state index in [1.807, 2.05) is 0 Å². The van der Waals surface area contributed by atoms with Crippen LogP contribution in [0.15, 0.2) is 42.5 Å². The van der Waals surface area contributed by atoms with E-state index in [4.69, 9.17) is 5.73 Å². The topological polar surface area (TPSA) is 26.0 Å². The van der Waals surface area contributed by atoms with Crippen molar-refractivity contribution in [2.75, 3.05) is 5.73 Å². The number of rotatable bonds is 1. The van der Waals surface area contributed by atoms with Crippen LogP contribution in [0.4, 0.5) is 14.5 Å². The second-order valence-corrected chi connectivity index (χ2v) is 3.28. The predicted molar refractivity (Wildman–Crippen MR) is 63.5 cm³/mol. The highest BCUT2D eigenvalue weighted by Crippen LogP contribution is 2.23. The average Bonchev–Trinajstić information content (AvgIpc) is 2.16. The van der Waals surface area contributed by atoms with Crippen molar-refractivity contribution in [1.29, 1.82) is 0 Å². The lowest BCUT2D eigenvalue weighted by atomic mass is 10.1. The van der Waals surface area contributed by atoms with Crippen LogP contribution < -0.4 is 5.73 Å². The Morgan fingerprint density at radius 3 is 2.00 bits per heavy atom. The van der Waals surface area contributed by atoms with Crippen LogP contribution in [0.5, 0.6) is 0 Å². The highest BCUT2D eigenvalue weighted by atomic mass is 35.5. The Kier molecular flexibility index (Phi) is 3.85. The second-order valence-electron chi connectivity index (χ2n) is 3.28. The molecular weight excluding hydrogens is 232 g/mol. The van der Waals surface area contributed by atoms with Gasteiger partial charge in [0.1, 0.15) is 11.6 Å². The van der Waals surface area contributed by atoms with Crippen LogP contribution in [0.3, 0.4) is 0 Å². The first-order valence-corrected chi connectivity index (χ1v) is 4.47. The summed E-state index contributed by atoms with van der Waals surface area (Å²) in [6, 6.07) is 10.3. The first-order chi connectivity index (χ1) is 7.15. The molecule has 2 rings (SSSR count). The highest BCUT2D eigenvalue weighted by Gasteiger charge is 2.02. The summed E-state index contributed by atoms with van der Waals surface area (Å²) in [5.74, 6) is -1.18. The maximum Gasteiger partial charge on any atom is 0.126 e. The maximum atomic E-state index is 12.9. The second kappa shape index (κ2) is 4.94. The SMILES string of the molecule is Cl.Nc1cccc(-c2cc(F)cc(F)c2)c1. The monoisotopic (exact) mass is 241 g/mol. The number of benzene rings is 2. The third-order valence-electron chi connectivity index (χ3n) is 2.08. The summed E-state index contributed by atoms with van der Waals surface area (Å²) in [6.45, 7) is 0. The zero-order valence-corrected chi connectivity index (χ0v) is 9.10. The minimum atomic E-state index is -0.590. The molecular formula is C12H10ClF2N. The van der Waals surface area contributed by atoms with E-state index in [2.05, 4.69) is 0 Å². The standard InChI is InChI=1S/C12H9F2N.ClH/c13-10-4-9(5-11(14)7-10)8-2-1-3-12(15)6-8;/h1-7H,15H2;1H. The molecule has 2 N–H and O–H groups in total. The van der Waals surface area contributed by atoms with Gasteiger partial charge in [-0.2, -0.15) is 0 Å². The summed E-state index contributed by atoms with van der Waals surface area (Å²) in [6.07, 6.45) is 0. The van der Waals surface area contributed by atoms with Crippen LogP contribution in [0.2, 0.25) is 0 Å². The van der Waals surface area contributed by atoms with Crippen LogP contribution in [0.1, 0.15) is 0 Å². The van der Waals surface area contributed by atoms with Gasteiger partial charge in [0, 0.05) is 11.8 Å². The number of nitrogen functional groups attached to an aromatic ring is 1. The largest absolute Gasteiger partial charge is 0.399 e. The van der Waals surface area contributed by atoms with E-state index in [9.17, 15) is 8.78 Å². The van der Waals surface area contributed by atoms with Crippen molar-refractivity contribution >= 4 is 18.1 Å². The number of nitrogens with two attached hydrogens (primary N) is 1. The van der Waals surface area contributed by atoms with Crippen LogP contribution >= 0.6 is 12.4 Å². The van der Waals surface area contributed by atoms with E-state index in [-0.39, 0.29) is 12.4 Å². The number of anilines is 1. The molecule has 2 aromatic rings. The molecule has 0 aliphatic rings. The normalized spacial score (nSPS) is 9.62. The molecule has 0 unspecified atom stereocenters. The zero-order valence-electron chi connectivity index (χ0n) is 8.28. The van der Waals surface area contributed by atoms with Crippen molar-refractivity contribution in [3.63, 3.8) is 0 Å². The molecule has 0 spiro atoms. The summed E-state index contributed by atoms with van der Waals surface area (Å²) >= 11 is 0. The van der Waals surface area contributed by atoms with E-state index in [0.29, 0.717) is 16.8 Å². The smallest absolute Gasteiger partial charge is 0.126 e. The van der Waals surface area contributed by atoms with Crippen molar-refractivity contribution < 1.29 is 8.78 Å². The number of hydrogen-bond donors (Lipinski definition) is 1. The van der Waals surface area contributed by atoms with E-state index in [1.165, 1.54) is 12.1 Å². The van der Waals surface area contributed by atoms with Gasteiger partial charge < -0.3 is 5.73 Å². The van der Waals surface area contributed by atoms with Crippen LogP contribution in [0.25, 0.3) is 11.1 Å². The quantitative estimate of drug-likeness (QED) is 0.758. The molecule has 0 bridgehead atoms. The van der Waals surface area contributed by atoms with E-state index in [1.54, 1.807) is 24.3 Å². The molecule has 0 radical (unpaired) electrons. The van der Waals surface area contributed by atoms with Crippen LogP contribution in [0, 0.1) is 11.6 Å². The van der Waals surface area contributed by atoms with Gasteiger partial charge in [0.15, 0.2) is 0 Å². The first-order valence-electron chi connectivity index (χ1n) is 4.47. The third-order valence-corrected chi connectivity index (χ3v) is 2.08. The Hall–Kier alpha value is -1.61. The lowest BCUT2D eigenvalue weighted by Gasteiger charge is -2.03. The van der Waals surface area contributed by atoms with Crippen molar-refractivity contribution in [2.24, 2.45) is 0 Å². The Bertz CT molecular complexity index is 480. The van der Waals surface area contributed by atoms with Crippen LogP contribution in [-0.4, -0.2) is 0 Å². The molecule has 0 saturated heterocycles. The summed E-state index contributed by atoms with van der Waals surface area (Å²) in [5.41, 5.74) is 7.34. The molecule has 4 heteroatoms. The van der Waals surface area contributed by atoms with Gasteiger partial charge in [-0.3, -0.25) is 0 Å². The van der Waals surface area contributed by atoms with Crippen molar-refractivity contribution in [3.8, 4) is 11.1 Å². The van der Waals surface area contributed by atoms with Gasteiger partial charge >= 0.3 is 0 Å². The molecule has 0 fully saturated rings. The van der Waals surface area contributed by atoms with Crippen molar-refractivity contribution in [2.45, 2.75) is 0 Å². The van der Waals surface area contributed by atoms with Crippen molar-refractivity contribution in [3.05, 3.63) is 54.1 Å². The zero-order chi connectivity index (χ0) is 10.8. The van der Waals surface area contributed by atoms with Gasteiger partial charge in [-0.05, 0) is 35.4 Å². The summed E-state index contributed by atoms with van der Waals surface area (Å²) in [5, 5.41) is 0. The molecule has 0 heterocycles. The van der Waals surface area contributed by atoms with Crippen LogP contribution in [-0.2, 0) is 0 Å². The van der Waals surface area contributed by atoms with Gasteiger partial charge in [0.05, 0.1) is 0 Å². The van der Waals surface area contributed by atoms with Gasteiger partial charge in [0.2, 0.25) is 0 Å². The molecule has 0 aliphatic heterocycles. The fourth-order valence-corrected chi connectivity index (χ4v) is 1.44. The van der Waals surface area contributed by atoms with Gasteiger partial charge in [0.25, 0.3) is 0 Å². The Balaban J connectivity index is 0.00000128. The summed E-state index contributed by atoms with van der Waals surface area (Å²) in [7, 11) is 0. The lowest BCUT2D eigenvalue weighted by molar-refractivity contribution is 0.584. The average molecular weight is 242 g/mol. The number of halogens is 3. The molecule has 0 saturated carbocycles. The highest BCUT2D eigenvalue weighted by molar-refractivity contribution is 5.85. The Morgan fingerprint density at radius 2 is 1.44 bits per heavy atom. The molecule has 1 nitrogen and oxygen atoms in total. The summed E-state index contributed by atoms with van der Waals surface area (Å²) in [4.78, 5) is 0. The molecule has 0 amide bonds. The third kappa shape index (κ3) is 2.70. The molecule has 16 heavy (non-hydrogen) atoms. The minimum absolute atomic E-state index is 0. The fourth-order valence-electron chi connectivity index (χ4n) is 1.44. The molecule has 0 aromatic heterocycles.